The van der Waals surface area contributed by atoms with Gasteiger partial charge in [-0.05, 0) is 17.7 Å². The fourth-order valence-corrected chi connectivity index (χ4v) is 3.52. The van der Waals surface area contributed by atoms with E-state index >= 15 is 0 Å². The summed E-state index contributed by atoms with van der Waals surface area (Å²) >= 11 is 0. The summed E-state index contributed by atoms with van der Waals surface area (Å²) in [6.07, 6.45) is 0. The summed E-state index contributed by atoms with van der Waals surface area (Å²) in [5.74, 6) is 1.68. The Morgan fingerprint density at radius 2 is 1.97 bits per heavy atom. The van der Waals surface area contributed by atoms with E-state index in [0.717, 1.165) is 16.5 Å². The van der Waals surface area contributed by atoms with Gasteiger partial charge in [0, 0.05) is 31.6 Å². The number of nitrogen functional groups attached to an aromatic ring is 1. The Hall–Kier alpha value is -3.85. The van der Waals surface area contributed by atoms with Crippen molar-refractivity contribution >= 4 is 33.8 Å². The molecule has 0 radical (unpaired) electrons. The summed E-state index contributed by atoms with van der Waals surface area (Å²) in [4.78, 5) is 20.8. The molecule has 0 unspecified atom stereocenters. The van der Waals surface area contributed by atoms with Gasteiger partial charge < -0.3 is 31.4 Å². The van der Waals surface area contributed by atoms with E-state index in [4.69, 9.17) is 16.2 Å². The van der Waals surface area contributed by atoms with E-state index in [1.807, 2.05) is 53.1 Å². The van der Waals surface area contributed by atoms with Crippen LogP contribution in [0.3, 0.4) is 0 Å². The topological polar surface area (TPSA) is 133 Å². The van der Waals surface area contributed by atoms with Gasteiger partial charge in [0.1, 0.15) is 23.7 Å². The number of ether oxygens (including phenoxy) is 1. The summed E-state index contributed by atoms with van der Waals surface area (Å²) in [6, 6.07) is 15.4. The number of aromatic nitrogens is 3. The van der Waals surface area contributed by atoms with Crippen molar-refractivity contribution in [3.63, 3.8) is 0 Å². The smallest absolute Gasteiger partial charge is 0.314 e. The van der Waals surface area contributed by atoms with Crippen LogP contribution >= 0.6 is 0 Å². The number of anilines is 1. The molecule has 0 bridgehead atoms. The van der Waals surface area contributed by atoms with E-state index in [0.29, 0.717) is 48.1 Å². The molecule has 0 saturated heterocycles. The molecular formula is C22H25N7O2. The third-order valence-electron chi connectivity index (χ3n) is 4.99. The van der Waals surface area contributed by atoms with Crippen LogP contribution in [0.1, 0.15) is 11.4 Å². The van der Waals surface area contributed by atoms with Gasteiger partial charge in [0.2, 0.25) is 0 Å². The Bertz CT molecular complexity index is 1220. The first-order chi connectivity index (χ1) is 15.1. The molecule has 0 fully saturated rings. The van der Waals surface area contributed by atoms with Crippen molar-refractivity contribution in [1.29, 1.82) is 0 Å². The summed E-state index contributed by atoms with van der Waals surface area (Å²) in [5.41, 5.74) is 15.3. The maximum Gasteiger partial charge on any atom is 0.314 e. The normalized spacial score (nSPS) is 11.0. The second kappa shape index (κ2) is 8.88. The monoisotopic (exact) mass is 419 g/mol. The Labute approximate surface area is 179 Å². The summed E-state index contributed by atoms with van der Waals surface area (Å²) in [6.45, 7) is 1.66. The van der Waals surface area contributed by atoms with Gasteiger partial charge >= 0.3 is 6.03 Å². The summed E-state index contributed by atoms with van der Waals surface area (Å²) < 4.78 is 7.92. The number of nitrogens with two attached hydrogens (primary N) is 2. The molecule has 0 aliphatic heterocycles. The highest BCUT2D eigenvalue weighted by Crippen LogP contribution is 2.31. The highest BCUT2D eigenvalue weighted by Gasteiger charge is 2.18. The number of nitrogens with one attached hydrogen (secondary N) is 2. The van der Waals surface area contributed by atoms with Gasteiger partial charge in [-0.15, -0.1) is 0 Å². The molecule has 9 heteroatoms. The van der Waals surface area contributed by atoms with Crippen LogP contribution in [-0.4, -0.2) is 34.2 Å². The number of rotatable bonds is 7. The Kier molecular flexibility index (Phi) is 5.85. The average molecular weight is 419 g/mol. The predicted octanol–water partition coefficient (Wildman–Crippen LogP) is 2.13. The lowest BCUT2D eigenvalue weighted by molar-refractivity contribution is 0.242. The Morgan fingerprint density at radius 1 is 1.16 bits per heavy atom. The van der Waals surface area contributed by atoms with Crippen molar-refractivity contribution in [1.82, 2.24) is 25.2 Å². The highest BCUT2D eigenvalue weighted by molar-refractivity contribution is 6.07. The number of hydrogen-bond donors (Lipinski definition) is 4. The molecule has 2 aromatic carbocycles. The molecule has 160 valence electrons. The van der Waals surface area contributed by atoms with Crippen LogP contribution in [0.15, 0.2) is 48.5 Å². The SMILES string of the molecule is CNC(=O)NCc1nc2c(N)nc3cc(OCc4ccccc4)ccc3c2n1CCN. The molecule has 4 aromatic rings. The highest BCUT2D eigenvalue weighted by atomic mass is 16.5. The van der Waals surface area contributed by atoms with E-state index in [9.17, 15) is 4.79 Å². The molecule has 0 aliphatic carbocycles. The van der Waals surface area contributed by atoms with Gasteiger partial charge in [0.15, 0.2) is 5.82 Å². The van der Waals surface area contributed by atoms with Gasteiger partial charge in [0.25, 0.3) is 0 Å². The standard InChI is InChI=1S/C22H25N7O2/c1-25-22(30)26-12-18-28-19-20(29(18)10-9-23)16-8-7-15(11-17(16)27-21(19)24)31-13-14-5-3-2-4-6-14/h2-8,11H,9-10,12-13,23H2,1H3,(H2,24,27)(H2,25,26,30). The minimum Gasteiger partial charge on any atom is -0.489 e. The molecule has 0 atom stereocenters. The van der Waals surface area contributed by atoms with Crippen LogP contribution in [0.4, 0.5) is 10.6 Å². The molecule has 2 amide bonds. The number of carbonyl (C=O) groups is 1. The van der Waals surface area contributed by atoms with Crippen LogP contribution in [0.2, 0.25) is 0 Å². The van der Waals surface area contributed by atoms with Crippen molar-refractivity contribution in [2.24, 2.45) is 5.73 Å². The minimum atomic E-state index is -0.289. The third kappa shape index (κ3) is 4.22. The van der Waals surface area contributed by atoms with E-state index in [2.05, 4.69) is 20.6 Å². The Balaban J connectivity index is 1.73. The van der Waals surface area contributed by atoms with E-state index < -0.39 is 0 Å². The molecule has 4 rings (SSSR count). The number of imidazole rings is 1. The molecule has 6 N–H and O–H groups in total. The fourth-order valence-electron chi connectivity index (χ4n) is 3.52. The Morgan fingerprint density at radius 3 is 2.71 bits per heavy atom. The predicted molar refractivity (Wildman–Crippen MR) is 121 cm³/mol. The second-order valence-electron chi connectivity index (χ2n) is 7.05. The molecule has 0 spiro atoms. The number of fused-ring (bicyclic) bond motifs is 3. The van der Waals surface area contributed by atoms with Crippen molar-refractivity contribution in [2.75, 3.05) is 19.3 Å². The van der Waals surface area contributed by atoms with E-state index in [1.165, 1.54) is 0 Å². The maximum absolute atomic E-state index is 11.6. The van der Waals surface area contributed by atoms with Crippen molar-refractivity contribution in [3.8, 4) is 5.75 Å². The van der Waals surface area contributed by atoms with Crippen LogP contribution in [0.5, 0.6) is 5.75 Å². The van der Waals surface area contributed by atoms with Gasteiger partial charge in [-0.1, -0.05) is 30.3 Å². The largest absolute Gasteiger partial charge is 0.489 e. The minimum absolute atomic E-state index is 0.244. The first-order valence-corrected chi connectivity index (χ1v) is 10.0. The molecule has 2 heterocycles. The van der Waals surface area contributed by atoms with Crippen molar-refractivity contribution in [3.05, 3.63) is 59.9 Å². The number of urea groups is 1. The van der Waals surface area contributed by atoms with Crippen molar-refractivity contribution < 1.29 is 9.53 Å². The van der Waals surface area contributed by atoms with Crippen LogP contribution in [0.25, 0.3) is 21.9 Å². The molecule has 9 nitrogen and oxygen atoms in total. The van der Waals surface area contributed by atoms with E-state index in [1.54, 1.807) is 7.05 Å². The first-order valence-electron chi connectivity index (χ1n) is 10.0. The fraction of sp³-hybridized carbons (Fsp3) is 0.227. The molecular weight excluding hydrogens is 394 g/mol. The number of amides is 2. The zero-order valence-corrected chi connectivity index (χ0v) is 17.3. The molecule has 31 heavy (non-hydrogen) atoms. The molecule has 0 saturated carbocycles. The number of nitrogens with zero attached hydrogens (tertiary/aromatic N) is 3. The lowest BCUT2D eigenvalue weighted by Gasteiger charge is -2.11. The van der Waals surface area contributed by atoms with Gasteiger partial charge in [-0.25, -0.2) is 14.8 Å². The number of hydrogen-bond acceptors (Lipinski definition) is 6. The summed E-state index contributed by atoms with van der Waals surface area (Å²) in [5, 5.41) is 6.18. The van der Waals surface area contributed by atoms with Crippen molar-refractivity contribution in [2.45, 2.75) is 19.7 Å². The number of benzene rings is 2. The van der Waals surface area contributed by atoms with Crippen LogP contribution < -0.4 is 26.8 Å². The number of carbonyl (C=O) groups excluding carboxylic acids is 1. The zero-order chi connectivity index (χ0) is 21.8. The average Bonchev–Trinajstić information content (AvgIpc) is 3.16. The van der Waals surface area contributed by atoms with Gasteiger partial charge in [-0.2, -0.15) is 0 Å². The molecule has 0 aliphatic rings. The van der Waals surface area contributed by atoms with Crippen LogP contribution in [-0.2, 0) is 19.7 Å². The second-order valence-corrected chi connectivity index (χ2v) is 7.05. The quantitative estimate of drug-likeness (QED) is 0.363. The maximum atomic E-state index is 11.6. The number of pyridine rings is 1. The van der Waals surface area contributed by atoms with Crippen LogP contribution in [0, 0.1) is 0 Å². The third-order valence-corrected chi connectivity index (χ3v) is 4.99. The van der Waals surface area contributed by atoms with E-state index in [-0.39, 0.29) is 12.6 Å². The summed E-state index contributed by atoms with van der Waals surface area (Å²) in [7, 11) is 1.56. The zero-order valence-electron chi connectivity index (χ0n) is 17.3. The first kappa shape index (κ1) is 20.4. The molecule has 2 aromatic heterocycles. The van der Waals surface area contributed by atoms with Gasteiger partial charge in [-0.3, -0.25) is 0 Å². The lowest BCUT2D eigenvalue weighted by Crippen LogP contribution is -2.33. The lowest BCUT2D eigenvalue weighted by atomic mass is 10.1. The van der Waals surface area contributed by atoms with Gasteiger partial charge in [0.05, 0.1) is 17.6 Å².